The molecule has 0 radical (unpaired) electrons. The van der Waals surface area contributed by atoms with Gasteiger partial charge in [0.2, 0.25) is 5.76 Å². The summed E-state index contributed by atoms with van der Waals surface area (Å²) in [5, 5.41) is 8.69. The van der Waals surface area contributed by atoms with Crippen LogP contribution >= 0.6 is 0 Å². The Morgan fingerprint density at radius 1 is 1.06 bits per heavy atom. The van der Waals surface area contributed by atoms with E-state index in [2.05, 4.69) is 0 Å². The molecule has 1 heterocycles. The van der Waals surface area contributed by atoms with Crippen molar-refractivity contribution < 1.29 is 14.3 Å². The number of carbonyl (C=O) groups is 1. The molecule has 82 valence electrons. The van der Waals surface area contributed by atoms with Gasteiger partial charge in [-0.15, -0.1) is 0 Å². The molecule has 0 aliphatic heterocycles. The summed E-state index contributed by atoms with van der Waals surface area (Å²) in [5.74, 6) is -0.310. The number of carboxylic acids is 1. The highest BCUT2D eigenvalue weighted by Gasteiger charge is 2.08. The van der Waals surface area contributed by atoms with Crippen molar-refractivity contribution in [2.75, 3.05) is 0 Å². The lowest BCUT2D eigenvalue weighted by Gasteiger charge is -1.98. The zero-order chi connectivity index (χ0) is 11.4. The van der Waals surface area contributed by atoms with Gasteiger partial charge in [0.25, 0.3) is 0 Å². The van der Waals surface area contributed by atoms with Crippen LogP contribution in [0.2, 0.25) is 0 Å². The van der Waals surface area contributed by atoms with E-state index in [4.69, 9.17) is 9.52 Å². The fourth-order valence-electron chi connectivity index (χ4n) is 1.54. The van der Waals surface area contributed by atoms with E-state index in [9.17, 15) is 4.79 Å². The van der Waals surface area contributed by atoms with Gasteiger partial charge in [0, 0.05) is 6.42 Å². The average Bonchev–Trinajstić information content (AvgIpc) is 2.76. The van der Waals surface area contributed by atoms with Crippen molar-refractivity contribution in [2.24, 2.45) is 0 Å². The molecule has 0 spiro atoms. The highest BCUT2D eigenvalue weighted by Crippen LogP contribution is 2.11. The summed E-state index contributed by atoms with van der Waals surface area (Å²) < 4.78 is 5.17. The molecule has 2 aromatic rings. The number of carboxylic acid groups (broad SMARTS) is 1. The van der Waals surface area contributed by atoms with Crippen molar-refractivity contribution in [2.45, 2.75) is 12.8 Å². The zero-order valence-electron chi connectivity index (χ0n) is 8.72. The first-order chi connectivity index (χ1) is 7.75. The van der Waals surface area contributed by atoms with Crippen LogP contribution in [0.4, 0.5) is 0 Å². The Morgan fingerprint density at radius 2 is 1.81 bits per heavy atom. The molecule has 0 amide bonds. The fourth-order valence-corrected chi connectivity index (χ4v) is 1.54. The lowest BCUT2D eigenvalue weighted by atomic mass is 10.1. The first-order valence-corrected chi connectivity index (χ1v) is 5.11. The van der Waals surface area contributed by atoms with E-state index in [1.807, 2.05) is 30.3 Å². The topological polar surface area (TPSA) is 50.4 Å². The maximum absolute atomic E-state index is 10.6. The molecular weight excluding hydrogens is 204 g/mol. The Morgan fingerprint density at radius 3 is 2.44 bits per heavy atom. The van der Waals surface area contributed by atoms with Crippen molar-refractivity contribution >= 4 is 5.97 Å². The zero-order valence-corrected chi connectivity index (χ0v) is 8.72. The molecule has 0 unspecified atom stereocenters. The Hall–Kier alpha value is -2.03. The maximum atomic E-state index is 10.6. The monoisotopic (exact) mass is 216 g/mol. The standard InChI is InChI=1S/C13H12O3/c14-13(15)12-9-8-11(16-12)7-6-10-4-2-1-3-5-10/h1-5,8-9H,6-7H2,(H,14,15). The van der Waals surface area contributed by atoms with E-state index in [1.165, 1.54) is 11.6 Å². The van der Waals surface area contributed by atoms with Crippen LogP contribution in [0.1, 0.15) is 21.9 Å². The molecule has 0 bridgehead atoms. The van der Waals surface area contributed by atoms with E-state index < -0.39 is 5.97 Å². The molecule has 1 aromatic heterocycles. The van der Waals surface area contributed by atoms with E-state index in [0.29, 0.717) is 5.76 Å². The summed E-state index contributed by atoms with van der Waals surface area (Å²) in [4.78, 5) is 10.6. The van der Waals surface area contributed by atoms with Gasteiger partial charge < -0.3 is 9.52 Å². The van der Waals surface area contributed by atoms with Crippen LogP contribution < -0.4 is 0 Å². The van der Waals surface area contributed by atoms with Crippen LogP contribution in [-0.4, -0.2) is 11.1 Å². The largest absolute Gasteiger partial charge is 0.475 e. The van der Waals surface area contributed by atoms with E-state index in [1.54, 1.807) is 6.07 Å². The summed E-state index contributed by atoms with van der Waals surface area (Å²) in [5.41, 5.74) is 1.22. The Bertz CT molecular complexity index is 471. The SMILES string of the molecule is O=C(O)c1ccc(CCc2ccccc2)o1. The number of aromatic carboxylic acids is 1. The quantitative estimate of drug-likeness (QED) is 0.854. The smallest absolute Gasteiger partial charge is 0.371 e. The van der Waals surface area contributed by atoms with Gasteiger partial charge in [-0.05, 0) is 24.1 Å². The van der Waals surface area contributed by atoms with E-state index >= 15 is 0 Å². The second-order valence-electron chi connectivity index (χ2n) is 3.56. The maximum Gasteiger partial charge on any atom is 0.371 e. The van der Waals surface area contributed by atoms with Gasteiger partial charge in [-0.3, -0.25) is 0 Å². The minimum Gasteiger partial charge on any atom is -0.475 e. The van der Waals surface area contributed by atoms with Gasteiger partial charge in [-0.1, -0.05) is 30.3 Å². The summed E-state index contributed by atoms with van der Waals surface area (Å²) in [7, 11) is 0. The highest BCUT2D eigenvalue weighted by molar-refractivity contribution is 5.84. The molecule has 0 aliphatic rings. The molecule has 0 atom stereocenters. The van der Waals surface area contributed by atoms with Crippen LogP contribution in [0.15, 0.2) is 46.9 Å². The van der Waals surface area contributed by atoms with Crippen LogP contribution in [0.25, 0.3) is 0 Å². The van der Waals surface area contributed by atoms with Gasteiger partial charge in [0.05, 0.1) is 0 Å². The minimum absolute atomic E-state index is 0.00283. The molecule has 0 saturated carbocycles. The molecular formula is C13H12O3. The summed E-state index contributed by atoms with van der Waals surface area (Å²) in [6, 6.07) is 13.2. The molecule has 1 N–H and O–H groups in total. The molecule has 0 fully saturated rings. The Labute approximate surface area is 93.3 Å². The molecule has 0 saturated heterocycles. The van der Waals surface area contributed by atoms with Gasteiger partial charge in [-0.2, -0.15) is 0 Å². The predicted molar refractivity (Wildman–Crippen MR) is 59.5 cm³/mol. The van der Waals surface area contributed by atoms with Gasteiger partial charge in [-0.25, -0.2) is 4.79 Å². The van der Waals surface area contributed by atoms with E-state index in [0.717, 1.165) is 12.8 Å². The number of benzene rings is 1. The third-order valence-electron chi connectivity index (χ3n) is 2.38. The lowest BCUT2D eigenvalue weighted by molar-refractivity contribution is 0.0660. The Balaban J connectivity index is 1.97. The highest BCUT2D eigenvalue weighted by atomic mass is 16.4. The third kappa shape index (κ3) is 2.51. The Kier molecular flexibility index (Phi) is 3.05. The van der Waals surface area contributed by atoms with Crippen molar-refractivity contribution in [3.63, 3.8) is 0 Å². The van der Waals surface area contributed by atoms with Crippen molar-refractivity contribution in [3.8, 4) is 0 Å². The molecule has 3 heteroatoms. The first-order valence-electron chi connectivity index (χ1n) is 5.11. The first kappa shape index (κ1) is 10.5. The normalized spacial score (nSPS) is 10.2. The molecule has 0 aliphatic carbocycles. The lowest BCUT2D eigenvalue weighted by Crippen LogP contribution is -1.92. The second kappa shape index (κ2) is 4.66. The molecule has 2 rings (SSSR count). The number of hydrogen-bond donors (Lipinski definition) is 1. The molecule has 1 aromatic carbocycles. The van der Waals surface area contributed by atoms with Crippen molar-refractivity contribution in [3.05, 3.63) is 59.5 Å². The predicted octanol–water partition coefficient (Wildman–Crippen LogP) is 2.76. The van der Waals surface area contributed by atoms with Gasteiger partial charge >= 0.3 is 5.97 Å². The summed E-state index contributed by atoms with van der Waals surface area (Å²) in [6.45, 7) is 0. The number of hydrogen-bond acceptors (Lipinski definition) is 2. The summed E-state index contributed by atoms with van der Waals surface area (Å²) >= 11 is 0. The van der Waals surface area contributed by atoms with Crippen molar-refractivity contribution in [1.82, 2.24) is 0 Å². The summed E-state index contributed by atoms with van der Waals surface area (Å²) in [6.07, 6.45) is 1.57. The van der Waals surface area contributed by atoms with Crippen LogP contribution in [0.3, 0.4) is 0 Å². The van der Waals surface area contributed by atoms with Gasteiger partial charge in [0.1, 0.15) is 5.76 Å². The average molecular weight is 216 g/mol. The van der Waals surface area contributed by atoms with Crippen LogP contribution in [0.5, 0.6) is 0 Å². The van der Waals surface area contributed by atoms with Crippen LogP contribution in [-0.2, 0) is 12.8 Å². The minimum atomic E-state index is -1.02. The number of aryl methyl sites for hydroxylation is 2. The van der Waals surface area contributed by atoms with Crippen LogP contribution in [0, 0.1) is 0 Å². The van der Waals surface area contributed by atoms with E-state index in [-0.39, 0.29) is 5.76 Å². The molecule has 3 nitrogen and oxygen atoms in total. The number of rotatable bonds is 4. The third-order valence-corrected chi connectivity index (χ3v) is 2.38. The second-order valence-corrected chi connectivity index (χ2v) is 3.56. The fraction of sp³-hybridized carbons (Fsp3) is 0.154. The van der Waals surface area contributed by atoms with Crippen molar-refractivity contribution in [1.29, 1.82) is 0 Å². The molecule has 16 heavy (non-hydrogen) atoms. The number of furan rings is 1. The van der Waals surface area contributed by atoms with Gasteiger partial charge in [0.15, 0.2) is 0 Å².